The Bertz CT molecular complexity index is 118. The Morgan fingerprint density at radius 2 is 1.20 bits per heavy atom. The maximum Gasteiger partial charge on any atom is 0.0414 e. The largest absolute Gasteiger partial charge is 0.550 e. The number of carbonyl (C=O) groups excluding carboxylic acids is 1. The predicted molar refractivity (Wildman–Crippen MR) is 63.6 cm³/mol. The fourth-order valence-electron chi connectivity index (χ4n) is 1.20. The Balaban J connectivity index is 0. The van der Waals surface area contributed by atoms with Crippen molar-refractivity contribution in [2.75, 3.05) is 0 Å². The van der Waals surface area contributed by atoms with Crippen molar-refractivity contribution < 1.29 is 9.90 Å². The molecule has 0 aliphatic carbocycles. The molecular formula is C13H27O2-. The van der Waals surface area contributed by atoms with Crippen LogP contribution in [0.1, 0.15) is 78.6 Å². The van der Waals surface area contributed by atoms with E-state index in [1.807, 2.05) is 6.92 Å². The first-order valence-electron chi connectivity index (χ1n) is 6.38. The zero-order chi connectivity index (χ0) is 11.9. The number of aliphatic carboxylic acids is 1. The van der Waals surface area contributed by atoms with Crippen molar-refractivity contribution in [1.29, 1.82) is 0 Å². The van der Waals surface area contributed by atoms with Gasteiger partial charge in [-0.3, -0.25) is 0 Å². The molecule has 0 aromatic rings. The molecule has 0 aliphatic rings. The highest BCUT2D eigenvalue weighted by Crippen LogP contribution is 2.00. The molecule has 0 radical (unpaired) electrons. The SMILES string of the molecule is CCCCCC(=O)[O-].CCCCCCC. The molecule has 0 fully saturated rings. The lowest BCUT2D eigenvalue weighted by molar-refractivity contribution is -0.305. The van der Waals surface area contributed by atoms with Crippen molar-refractivity contribution in [3.63, 3.8) is 0 Å². The van der Waals surface area contributed by atoms with Gasteiger partial charge in [-0.25, -0.2) is 0 Å². The molecule has 0 amide bonds. The summed E-state index contributed by atoms with van der Waals surface area (Å²) in [6, 6.07) is 0. The first-order valence-corrected chi connectivity index (χ1v) is 6.38. The van der Waals surface area contributed by atoms with Crippen LogP contribution in [0.5, 0.6) is 0 Å². The summed E-state index contributed by atoms with van der Waals surface area (Å²) in [7, 11) is 0. The number of hydrogen-bond donors (Lipinski definition) is 0. The van der Waals surface area contributed by atoms with E-state index < -0.39 is 5.97 Å². The highest BCUT2D eigenvalue weighted by atomic mass is 16.4. The summed E-state index contributed by atoms with van der Waals surface area (Å²) in [5.74, 6) is -0.932. The molecule has 0 aliphatic heterocycles. The van der Waals surface area contributed by atoms with E-state index >= 15 is 0 Å². The molecule has 15 heavy (non-hydrogen) atoms. The fourth-order valence-corrected chi connectivity index (χ4v) is 1.20. The molecule has 0 rings (SSSR count). The van der Waals surface area contributed by atoms with E-state index in [1.54, 1.807) is 0 Å². The smallest absolute Gasteiger partial charge is 0.0414 e. The van der Waals surface area contributed by atoms with Crippen molar-refractivity contribution in [1.82, 2.24) is 0 Å². The highest BCUT2D eigenvalue weighted by molar-refractivity contribution is 5.63. The average Bonchev–Trinajstić information content (AvgIpc) is 2.20. The lowest BCUT2D eigenvalue weighted by atomic mass is 10.2. The summed E-state index contributed by atoms with van der Waals surface area (Å²) in [6.45, 7) is 6.53. The fraction of sp³-hybridized carbons (Fsp3) is 0.923. The van der Waals surface area contributed by atoms with E-state index in [0.29, 0.717) is 0 Å². The molecule has 2 nitrogen and oxygen atoms in total. The number of hydrogen-bond acceptors (Lipinski definition) is 2. The van der Waals surface area contributed by atoms with E-state index in [4.69, 9.17) is 0 Å². The topological polar surface area (TPSA) is 40.1 Å². The molecule has 0 saturated heterocycles. The van der Waals surface area contributed by atoms with Crippen LogP contribution in [-0.2, 0) is 4.79 Å². The van der Waals surface area contributed by atoms with Gasteiger partial charge in [-0.2, -0.15) is 0 Å². The first-order chi connectivity index (χ1) is 7.18. The van der Waals surface area contributed by atoms with Gasteiger partial charge in [0.15, 0.2) is 0 Å². The summed E-state index contributed by atoms with van der Waals surface area (Å²) < 4.78 is 0. The van der Waals surface area contributed by atoms with Gasteiger partial charge in [-0.1, -0.05) is 65.7 Å². The third kappa shape index (κ3) is 24.7. The minimum absolute atomic E-state index is 0.216. The summed E-state index contributed by atoms with van der Waals surface area (Å²) in [6.07, 6.45) is 10.0. The van der Waals surface area contributed by atoms with E-state index in [2.05, 4.69) is 13.8 Å². The summed E-state index contributed by atoms with van der Waals surface area (Å²) in [4.78, 5) is 9.76. The van der Waals surface area contributed by atoms with Crippen molar-refractivity contribution in [2.45, 2.75) is 78.6 Å². The van der Waals surface area contributed by atoms with Crippen LogP contribution >= 0.6 is 0 Å². The minimum atomic E-state index is -0.932. The van der Waals surface area contributed by atoms with Gasteiger partial charge in [0.25, 0.3) is 0 Å². The van der Waals surface area contributed by atoms with Gasteiger partial charge in [0.05, 0.1) is 0 Å². The van der Waals surface area contributed by atoms with Gasteiger partial charge < -0.3 is 9.90 Å². The maximum absolute atomic E-state index is 9.76. The van der Waals surface area contributed by atoms with Crippen LogP contribution in [-0.4, -0.2) is 5.97 Å². The number of rotatable bonds is 8. The Morgan fingerprint density at radius 3 is 1.53 bits per heavy atom. The molecule has 0 aromatic carbocycles. The lowest BCUT2D eigenvalue weighted by Crippen LogP contribution is -2.21. The van der Waals surface area contributed by atoms with Crippen LogP contribution in [0.25, 0.3) is 0 Å². The zero-order valence-electron chi connectivity index (χ0n) is 10.7. The Kier molecular flexibility index (Phi) is 17.9. The molecule has 0 saturated carbocycles. The second-order valence-electron chi connectivity index (χ2n) is 3.89. The molecular weight excluding hydrogens is 188 g/mol. The van der Waals surface area contributed by atoms with Gasteiger partial charge >= 0.3 is 0 Å². The monoisotopic (exact) mass is 215 g/mol. The van der Waals surface area contributed by atoms with Crippen molar-refractivity contribution in [2.24, 2.45) is 0 Å². The summed E-state index contributed by atoms with van der Waals surface area (Å²) in [5.41, 5.74) is 0. The van der Waals surface area contributed by atoms with Gasteiger partial charge in [0, 0.05) is 5.97 Å². The molecule has 0 heterocycles. The highest BCUT2D eigenvalue weighted by Gasteiger charge is 1.84. The number of carboxylic acids is 1. The zero-order valence-corrected chi connectivity index (χ0v) is 10.7. The van der Waals surface area contributed by atoms with Crippen molar-refractivity contribution in [3.8, 4) is 0 Å². The Morgan fingerprint density at radius 1 is 0.800 bits per heavy atom. The van der Waals surface area contributed by atoms with Crippen molar-refractivity contribution in [3.05, 3.63) is 0 Å². The normalized spacial score (nSPS) is 9.27. The third-order valence-electron chi connectivity index (χ3n) is 2.19. The molecule has 0 aromatic heterocycles. The lowest BCUT2D eigenvalue weighted by Gasteiger charge is -1.97. The first kappa shape index (κ1) is 16.9. The predicted octanol–water partition coefficient (Wildman–Crippen LogP) is 3.29. The van der Waals surface area contributed by atoms with E-state index in [9.17, 15) is 9.90 Å². The Hall–Kier alpha value is -0.530. The second-order valence-corrected chi connectivity index (χ2v) is 3.89. The van der Waals surface area contributed by atoms with E-state index in [1.165, 1.54) is 32.1 Å². The molecule has 0 N–H and O–H groups in total. The summed E-state index contributed by atoms with van der Waals surface area (Å²) >= 11 is 0. The van der Waals surface area contributed by atoms with Crippen LogP contribution < -0.4 is 5.11 Å². The number of carboxylic acid groups (broad SMARTS) is 1. The maximum atomic E-state index is 9.76. The van der Waals surface area contributed by atoms with Gasteiger partial charge in [-0.05, 0) is 12.8 Å². The van der Waals surface area contributed by atoms with E-state index in [0.717, 1.165) is 19.3 Å². The second kappa shape index (κ2) is 15.9. The van der Waals surface area contributed by atoms with Crippen molar-refractivity contribution >= 4 is 5.97 Å². The molecule has 0 spiro atoms. The molecule has 92 valence electrons. The molecule has 0 atom stereocenters. The number of unbranched alkanes of at least 4 members (excludes halogenated alkanes) is 6. The van der Waals surface area contributed by atoms with Crippen LogP contribution in [0.15, 0.2) is 0 Å². The molecule has 2 heteroatoms. The average molecular weight is 215 g/mol. The number of carbonyl (C=O) groups is 1. The van der Waals surface area contributed by atoms with Crippen LogP contribution in [0, 0.1) is 0 Å². The van der Waals surface area contributed by atoms with Crippen LogP contribution in [0.4, 0.5) is 0 Å². The van der Waals surface area contributed by atoms with Crippen LogP contribution in [0.2, 0.25) is 0 Å². The minimum Gasteiger partial charge on any atom is -0.550 e. The van der Waals surface area contributed by atoms with E-state index in [-0.39, 0.29) is 6.42 Å². The molecule has 0 bridgehead atoms. The van der Waals surface area contributed by atoms with Gasteiger partial charge in [0.1, 0.15) is 0 Å². The van der Waals surface area contributed by atoms with Crippen LogP contribution in [0.3, 0.4) is 0 Å². The molecule has 0 unspecified atom stereocenters. The summed E-state index contributed by atoms with van der Waals surface area (Å²) in [5, 5.41) is 9.76. The third-order valence-corrected chi connectivity index (χ3v) is 2.19. The van der Waals surface area contributed by atoms with Gasteiger partial charge in [-0.15, -0.1) is 0 Å². The van der Waals surface area contributed by atoms with Gasteiger partial charge in [0.2, 0.25) is 0 Å². The standard InChI is InChI=1S/C7H16.C6H12O2/c1-3-5-7-6-4-2;1-2-3-4-5-6(7)8/h3-7H2,1-2H3;2-5H2,1H3,(H,7,8)/p-1. The Labute approximate surface area is 95.1 Å². The quantitative estimate of drug-likeness (QED) is 0.583.